The fourth-order valence-corrected chi connectivity index (χ4v) is 2.28. The molecule has 0 unspecified atom stereocenters. The third-order valence-corrected chi connectivity index (χ3v) is 3.63. The van der Waals surface area contributed by atoms with Crippen molar-refractivity contribution in [3.63, 3.8) is 0 Å². The summed E-state index contributed by atoms with van der Waals surface area (Å²) in [7, 11) is 0. The Bertz CT molecular complexity index is 792. The lowest BCUT2D eigenvalue weighted by atomic mass is 10.1. The number of aromatic hydroxyl groups is 1. The van der Waals surface area contributed by atoms with Crippen LogP contribution in [0.5, 0.6) is 11.5 Å². The summed E-state index contributed by atoms with van der Waals surface area (Å²) in [4.78, 5) is 23.5. The average molecular weight is 340 g/mol. The van der Waals surface area contributed by atoms with Crippen LogP contribution in [0, 0.1) is 0 Å². The van der Waals surface area contributed by atoms with E-state index >= 15 is 0 Å². The lowest BCUT2D eigenvalue weighted by Gasteiger charge is -2.09. The van der Waals surface area contributed by atoms with Gasteiger partial charge in [0.1, 0.15) is 22.6 Å². The van der Waals surface area contributed by atoms with Crippen molar-refractivity contribution in [2.75, 3.05) is 0 Å². The van der Waals surface area contributed by atoms with Crippen LogP contribution in [0.15, 0.2) is 48.5 Å². The number of hydrogen-bond donors (Lipinski definition) is 2. The fourth-order valence-electron chi connectivity index (χ4n) is 2.28. The van der Waals surface area contributed by atoms with Gasteiger partial charge in [-0.25, -0.2) is 9.59 Å². The minimum Gasteiger partial charge on any atom is -0.506 e. The monoisotopic (exact) mass is 340 g/mol. The van der Waals surface area contributed by atoms with Crippen molar-refractivity contribution in [3.05, 3.63) is 65.2 Å². The lowest BCUT2D eigenvalue weighted by Crippen LogP contribution is -2.12. The molecule has 0 spiro atoms. The molecule has 0 saturated heterocycles. The number of rotatable bonds is 7. The van der Waals surface area contributed by atoms with Crippen LogP contribution in [0.2, 0.25) is 0 Å². The smallest absolute Gasteiger partial charge is 0.347 e. The minimum atomic E-state index is -1.19. The summed E-state index contributed by atoms with van der Waals surface area (Å²) in [6, 6.07) is 10.6. The van der Waals surface area contributed by atoms with Gasteiger partial charge < -0.3 is 14.9 Å². The first kappa shape index (κ1) is 18.3. The Labute approximate surface area is 146 Å². The van der Waals surface area contributed by atoms with E-state index in [2.05, 4.69) is 6.92 Å². The van der Waals surface area contributed by atoms with Crippen molar-refractivity contribution in [2.24, 2.45) is 0 Å². The van der Waals surface area contributed by atoms with Gasteiger partial charge in [-0.2, -0.15) is 0 Å². The van der Waals surface area contributed by atoms with E-state index in [4.69, 9.17) is 9.84 Å². The number of phenols is 1. The van der Waals surface area contributed by atoms with Gasteiger partial charge in [-0.1, -0.05) is 56.2 Å². The molecule has 2 aromatic carbocycles. The second-order valence-corrected chi connectivity index (χ2v) is 5.48. The van der Waals surface area contributed by atoms with E-state index in [9.17, 15) is 14.7 Å². The van der Waals surface area contributed by atoms with Crippen molar-refractivity contribution in [1.29, 1.82) is 0 Å². The summed E-state index contributed by atoms with van der Waals surface area (Å²) in [5, 5.41) is 19.4. The zero-order valence-corrected chi connectivity index (χ0v) is 13.9. The first-order valence-corrected chi connectivity index (χ1v) is 8.07. The average Bonchev–Trinajstić information content (AvgIpc) is 2.60. The number of carbonyl (C=O) groups excluding carboxylic acids is 1. The molecule has 130 valence electrons. The maximum Gasteiger partial charge on any atom is 0.347 e. The first-order chi connectivity index (χ1) is 12.0. The van der Waals surface area contributed by atoms with Crippen molar-refractivity contribution < 1.29 is 24.5 Å². The third-order valence-electron chi connectivity index (χ3n) is 3.63. The van der Waals surface area contributed by atoms with Gasteiger partial charge in [-0.05, 0) is 24.6 Å². The highest BCUT2D eigenvalue weighted by molar-refractivity contribution is 5.97. The molecule has 0 radical (unpaired) electrons. The summed E-state index contributed by atoms with van der Waals surface area (Å²) in [6.07, 6.45) is 6.70. The van der Waals surface area contributed by atoms with Crippen LogP contribution in [0.1, 0.15) is 52.5 Å². The number of phenolic OH excluding ortho intramolecular Hbond substituents is 1. The normalized spacial score (nSPS) is 10.8. The number of carboxylic acid groups (broad SMARTS) is 1. The quantitative estimate of drug-likeness (QED) is 0.440. The van der Waals surface area contributed by atoms with Crippen molar-refractivity contribution in [2.45, 2.75) is 26.2 Å². The molecule has 2 aromatic rings. The number of para-hydroxylation sites is 2. The lowest BCUT2D eigenvalue weighted by molar-refractivity contribution is 0.0681. The Balaban J connectivity index is 2.23. The maximum absolute atomic E-state index is 12.3. The summed E-state index contributed by atoms with van der Waals surface area (Å²) in [5.74, 6) is -2.26. The number of hydrogen-bond acceptors (Lipinski definition) is 4. The van der Waals surface area contributed by atoms with Gasteiger partial charge in [0.15, 0.2) is 0 Å². The second-order valence-electron chi connectivity index (χ2n) is 5.48. The van der Waals surface area contributed by atoms with Crippen molar-refractivity contribution in [1.82, 2.24) is 0 Å². The Morgan fingerprint density at radius 3 is 2.52 bits per heavy atom. The van der Waals surface area contributed by atoms with Crippen LogP contribution in [0.3, 0.4) is 0 Å². The number of unbranched alkanes of at least 4 members (excludes halogenated alkanes) is 2. The molecular weight excluding hydrogens is 320 g/mol. The van der Waals surface area contributed by atoms with E-state index in [0.717, 1.165) is 19.3 Å². The van der Waals surface area contributed by atoms with E-state index < -0.39 is 11.9 Å². The maximum atomic E-state index is 12.3. The summed E-state index contributed by atoms with van der Waals surface area (Å²) in [6.45, 7) is 2.09. The first-order valence-electron chi connectivity index (χ1n) is 8.07. The van der Waals surface area contributed by atoms with E-state index in [1.807, 2.05) is 6.08 Å². The zero-order chi connectivity index (χ0) is 18.2. The van der Waals surface area contributed by atoms with Gasteiger partial charge in [0.2, 0.25) is 0 Å². The molecule has 25 heavy (non-hydrogen) atoms. The largest absolute Gasteiger partial charge is 0.506 e. The highest BCUT2D eigenvalue weighted by Gasteiger charge is 2.18. The Morgan fingerprint density at radius 1 is 1.08 bits per heavy atom. The number of carboxylic acids is 1. The third kappa shape index (κ3) is 4.70. The molecule has 5 nitrogen and oxygen atoms in total. The summed E-state index contributed by atoms with van der Waals surface area (Å²) < 4.78 is 5.17. The molecule has 0 atom stereocenters. The van der Waals surface area contributed by atoms with Crippen molar-refractivity contribution >= 4 is 18.0 Å². The topological polar surface area (TPSA) is 83.8 Å². The molecule has 0 fully saturated rings. The summed E-state index contributed by atoms with van der Waals surface area (Å²) >= 11 is 0. The Morgan fingerprint density at radius 2 is 1.80 bits per heavy atom. The molecule has 0 bridgehead atoms. The fraction of sp³-hybridized carbons (Fsp3) is 0.200. The number of benzene rings is 2. The van der Waals surface area contributed by atoms with Crippen LogP contribution in [0.4, 0.5) is 0 Å². The van der Waals surface area contributed by atoms with Crippen molar-refractivity contribution in [3.8, 4) is 11.5 Å². The van der Waals surface area contributed by atoms with E-state index in [1.54, 1.807) is 30.3 Å². The molecule has 0 amide bonds. The number of esters is 1. The molecule has 0 aromatic heterocycles. The Hall–Kier alpha value is -3.08. The predicted molar refractivity (Wildman–Crippen MR) is 95.0 cm³/mol. The van der Waals surface area contributed by atoms with E-state index in [1.165, 1.54) is 18.2 Å². The standard InChI is InChI=1S/C20H20O5/c1-2-3-4-5-9-14-10-8-12-16(18(14)21)20(24)25-17-13-7-6-11-15(17)19(22)23/h5-13,21H,2-4H2,1H3,(H,22,23). The summed E-state index contributed by atoms with van der Waals surface area (Å²) in [5.41, 5.74) is 0.376. The molecule has 0 aliphatic heterocycles. The minimum absolute atomic E-state index is 0.0159. The second kappa shape index (κ2) is 8.68. The van der Waals surface area contributed by atoms with Crippen LogP contribution in [-0.2, 0) is 0 Å². The van der Waals surface area contributed by atoms with Gasteiger partial charge in [0, 0.05) is 5.56 Å². The SMILES string of the molecule is CCCCC=Cc1cccc(C(=O)Oc2ccccc2C(=O)O)c1O. The van der Waals surface area contributed by atoms with E-state index in [-0.39, 0.29) is 22.6 Å². The van der Waals surface area contributed by atoms with Gasteiger partial charge in [-0.15, -0.1) is 0 Å². The van der Waals surface area contributed by atoms with Gasteiger partial charge in [0.05, 0.1) is 0 Å². The molecular formula is C20H20O5. The van der Waals surface area contributed by atoms with Crippen LogP contribution < -0.4 is 4.74 Å². The molecule has 0 aliphatic rings. The molecule has 5 heteroatoms. The number of carbonyl (C=O) groups is 2. The molecule has 0 heterocycles. The zero-order valence-electron chi connectivity index (χ0n) is 13.9. The number of allylic oxidation sites excluding steroid dienone is 1. The molecule has 2 rings (SSSR count). The van der Waals surface area contributed by atoms with Gasteiger partial charge >= 0.3 is 11.9 Å². The molecule has 0 aliphatic carbocycles. The van der Waals surface area contributed by atoms with Crippen LogP contribution in [-0.4, -0.2) is 22.2 Å². The number of ether oxygens (including phenoxy) is 1. The molecule has 0 saturated carbocycles. The number of aromatic carboxylic acids is 1. The van der Waals surface area contributed by atoms with E-state index in [0.29, 0.717) is 5.56 Å². The highest BCUT2D eigenvalue weighted by atomic mass is 16.5. The van der Waals surface area contributed by atoms with Gasteiger partial charge in [-0.3, -0.25) is 0 Å². The molecule has 2 N–H and O–H groups in total. The Kier molecular flexibility index (Phi) is 6.34. The predicted octanol–water partition coefficient (Wildman–Crippen LogP) is 4.51. The van der Waals surface area contributed by atoms with Crippen LogP contribution in [0.25, 0.3) is 6.08 Å². The highest BCUT2D eigenvalue weighted by Crippen LogP contribution is 2.26. The van der Waals surface area contributed by atoms with Crippen LogP contribution >= 0.6 is 0 Å². The van der Waals surface area contributed by atoms with Gasteiger partial charge in [0.25, 0.3) is 0 Å².